The molecule has 27 heavy (non-hydrogen) atoms. The predicted molar refractivity (Wildman–Crippen MR) is 104 cm³/mol. The topological polar surface area (TPSA) is 58.6 Å². The van der Waals surface area contributed by atoms with E-state index < -0.39 is 6.04 Å². The fourth-order valence-electron chi connectivity index (χ4n) is 3.26. The maximum Gasteiger partial charge on any atom is 0.308 e. The van der Waals surface area contributed by atoms with Crippen LogP contribution >= 0.6 is 0 Å². The number of carbonyl (C=O) groups is 2. The van der Waals surface area contributed by atoms with Crippen molar-refractivity contribution in [3.05, 3.63) is 71.8 Å². The molecule has 0 aliphatic carbocycles. The van der Waals surface area contributed by atoms with Gasteiger partial charge in [-0.15, -0.1) is 0 Å². The van der Waals surface area contributed by atoms with Gasteiger partial charge in [-0.25, -0.2) is 0 Å². The highest BCUT2D eigenvalue weighted by Crippen LogP contribution is 2.10. The number of aryl methyl sites for hydroxylation is 1. The molecule has 1 N–H and O–H groups in total. The Morgan fingerprint density at radius 3 is 2.41 bits per heavy atom. The Bertz CT molecular complexity index is 734. The molecule has 2 aromatic carbocycles. The minimum atomic E-state index is -0.487. The standard InChI is InChI=1S/C22H26N2O3/c25-21(27-17-19-10-5-2-6-11-19)16-20-22(26)24(15-13-23-20)14-7-12-18-8-3-1-4-9-18/h1-6,8-11,20,23H,7,12-17H2. The van der Waals surface area contributed by atoms with E-state index in [1.807, 2.05) is 53.4 Å². The van der Waals surface area contributed by atoms with Gasteiger partial charge in [0.2, 0.25) is 5.91 Å². The van der Waals surface area contributed by atoms with E-state index in [2.05, 4.69) is 17.4 Å². The van der Waals surface area contributed by atoms with Crippen molar-refractivity contribution in [1.29, 1.82) is 0 Å². The Morgan fingerprint density at radius 2 is 1.70 bits per heavy atom. The second-order valence-corrected chi connectivity index (χ2v) is 6.77. The molecular formula is C22H26N2O3. The molecule has 1 amide bonds. The molecule has 1 fully saturated rings. The van der Waals surface area contributed by atoms with Crippen molar-refractivity contribution in [2.24, 2.45) is 0 Å². The number of ether oxygens (including phenoxy) is 1. The van der Waals surface area contributed by atoms with Crippen LogP contribution in [-0.4, -0.2) is 42.5 Å². The maximum atomic E-state index is 12.6. The molecule has 1 aliphatic rings. The molecule has 1 atom stereocenters. The highest BCUT2D eigenvalue weighted by molar-refractivity contribution is 5.87. The number of rotatable bonds is 8. The summed E-state index contributed by atoms with van der Waals surface area (Å²) in [6.07, 6.45) is 1.93. The first-order chi connectivity index (χ1) is 13.2. The molecule has 0 radical (unpaired) electrons. The van der Waals surface area contributed by atoms with Gasteiger partial charge in [0.05, 0.1) is 12.5 Å². The summed E-state index contributed by atoms with van der Waals surface area (Å²) in [5, 5.41) is 3.14. The summed E-state index contributed by atoms with van der Waals surface area (Å²) in [6, 6.07) is 19.3. The molecule has 2 aromatic rings. The molecule has 1 aliphatic heterocycles. The Labute approximate surface area is 160 Å². The number of nitrogens with zero attached hydrogens (tertiary/aromatic N) is 1. The Balaban J connectivity index is 1.42. The third kappa shape index (κ3) is 5.93. The van der Waals surface area contributed by atoms with E-state index in [0.29, 0.717) is 19.6 Å². The van der Waals surface area contributed by atoms with Crippen LogP contribution in [0.2, 0.25) is 0 Å². The second kappa shape index (κ2) is 9.88. The summed E-state index contributed by atoms with van der Waals surface area (Å²) in [5.41, 5.74) is 2.22. The summed E-state index contributed by atoms with van der Waals surface area (Å²) in [5.74, 6) is -0.359. The number of amides is 1. The largest absolute Gasteiger partial charge is 0.461 e. The predicted octanol–water partition coefficient (Wildman–Crippen LogP) is 2.55. The summed E-state index contributed by atoms with van der Waals surface area (Å²) < 4.78 is 5.30. The lowest BCUT2D eigenvalue weighted by atomic mass is 10.1. The van der Waals surface area contributed by atoms with E-state index in [9.17, 15) is 9.59 Å². The van der Waals surface area contributed by atoms with Gasteiger partial charge >= 0.3 is 5.97 Å². The minimum absolute atomic E-state index is 0.00836. The van der Waals surface area contributed by atoms with E-state index >= 15 is 0 Å². The fourth-order valence-corrected chi connectivity index (χ4v) is 3.26. The fraction of sp³-hybridized carbons (Fsp3) is 0.364. The monoisotopic (exact) mass is 366 g/mol. The van der Waals surface area contributed by atoms with Crippen LogP contribution in [0.3, 0.4) is 0 Å². The molecule has 0 aromatic heterocycles. The van der Waals surface area contributed by atoms with Crippen molar-refractivity contribution in [2.45, 2.75) is 31.9 Å². The first-order valence-electron chi connectivity index (χ1n) is 9.48. The van der Waals surface area contributed by atoms with Gasteiger partial charge in [0, 0.05) is 19.6 Å². The lowest BCUT2D eigenvalue weighted by Crippen LogP contribution is -2.55. The van der Waals surface area contributed by atoms with E-state index in [1.54, 1.807) is 0 Å². The zero-order chi connectivity index (χ0) is 18.9. The van der Waals surface area contributed by atoms with Gasteiger partial charge in [0.1, 0.15) is 6.61 Å². The van der Waals surface area contributed by atoms with Crippen molar-refractivity contribution in [3.8, 4) is 0 Å². The van der Waals surface area contributed by atoms with Crippen LogP contribution in [-0.2, 0) is 27.4 Å². The third-order valence-corrected chi connectivity index (χ3v) is 4.73. The number of piperazine rings is 1. The summed E-state index contributed by atoms with van der Waals surface area (Å²) in [4.78, 5) is 26.6. The first-order valence-corrected chi connectivity index (χ1v) is 9.48. The van der Waals surface area contributed by atoms with Crippen molar-refractivity contribution in [2.75, 3.05) is 19.6 Å². The van der Waals surface area contributed by atoms with Crippen LogP contribution in [0.25, 0.3) is 0 Å². The van der Waals surface area contributed by atoms with Crippen LogP contribution in [0.1, 0.15) is 24.0 Å². The van der Waals surface area contributed by atoms with Crippen molar-refractivity contribution < 1.29 is 14.3 Å². The number of carbonyl (C=O) groups excluding carboxylic acids is 2. The van der Waals surface area contributed by atoms with E-state index in [4.69, 9.17) is 4.74 Å². The van der Waals surface area contributed by atoms with E-state index in [0.717, 1.165) is 18.4 Å². The van der Waals surface area contributed by atoms with E-state index in [-0.39, 0.29) is 24.9 Å². The normalized spacial score (nSPS) is 17.0. The molecule has 0 bridgehead atoms. The summed E-state index contributed by atoms with van der Waals surface area (Å²) in [7, 11) is 0. The molecule has 5 nitrogen and oxygen atoms in total. The zero-order valence-corrected chi connectivity index (χ0v) is 15.5. The van der Waals surface area contributed by atoms with Gasteiger partial charge in [0.25, 0.3) is 0 Å². The quantitative estimate of drug-likeness (QED) is 0.730. The molecule has 0 saturated carbocycles. The molecule has 1 heterocycles. The lowest BCUT2D eigenvalue weighted by molar-refractivity contribution is -0.149. The molecular weight excluding hydrogens is 340 g/mol. The molecule has 0 spiro atoms. The Kier molecular flexibility index (Phi) is 6.99. The number of hydrogen-bond donors (Lipinski definition) is 1. The highest BCUT2D eigenvalue weighted by Gasteiger charge is 2.30. The average Bonchev–Trinajstić information content (AvgIpc) is 2.71. The van der Waals surface area contributed by atoms with Crippen LogP contribution in [0.15, 0.2) is 60.7 Å². The van der Waals surface area contributed by atoms with E-state index in [1.165, 1.54) is 5.56 Å². The number of esters is 1. The van der Waals surface area contributed by atoms with Gasteiger partial charge in [-0.3, -0.25) is 9.59 Å². The van der Waals surface area contributed by atoms with Gasteiger partial charge in [-0.2, -0.15) is 0 Å². The molecule has 1 saturated heterocycles. The molecule has 3 rings (SSSR count). The Hall–Kier alpha value is -2.66. The van der Waals surface area contributed by atoms with Crippen LogP contribution in [0.4, 0.5) is 0 Å². The zero-order valence-electron chi connectivity index (χ0n) is 15.5. The SMILES string of the molecule is O=C(CC1NCCN(CCCc2ccccc2)C1=O)OCc1ccccc1. The number of nitrogens with one attached hydrogen (secondary N) is 1. The third-order valence-electron chi connectivity index (χ3n) is 4.73. The second-order valence-electron chi connectivity index (χ2n) is 6.77. The van der Waals surface area contributed by atoms with Crippen molar-refractivity contribution in [3.63, 3.8) is 0 Å². The van der Waals surface area contributed by atoms with Gasteiger partial charge in [-0.05, 0) is 24.0 Å². The minimum Gasteiger partial charge on any atom is -0.461 e. The van der Waals surface area contributed by atoms with Gasteiger partial charge < -0.3 is 15.0 Å². The van der Waals surface area contributed by atoms with Crippen molar-refractivity contribution >= 4 is 11.9 Å². The number of benzene rings is 2. The van der Waals surface area contributed by atoms with Crippen LogP contribution in [0.5, 0.6) is 0 Å². The van der Waals surface area contributed by atoms with Crippen LogP contribution < -0.4 is 5.32 Å². The number of hydrogen-bond acceptors (Lipinski definition) is 4. The smallest absolute Gasteiger partial charge is 0.308 e. The first kappa shape index (κ1) is 19.1. The van der Waals surface area contributed by atoms with Gasteiger partial charge in [-0.1, -0.05) is 60.7 Å². The van der Waals surface area contributed by atoms with Crippen molar-refractivity contribution in [1.82, 2.24) is 10.2 Å². The molecule has 5 heteroatoms. The lowest BCUT2D eigenvalue weighted by Gasteiger charge is -2.32. The molecule has 142 valence electrons. The summed E-state index contributed by atoms with van der Waals surface area (Å²) >= 11 is 0. The Morgan fingerprint density at radius 1 is 1.04 bits per heavy atom. The van der Waals surface area contributed by atoms with Gasteiger partial charge in [0.15, 0.2) is 0 Å². The molecule has 1 unspecified atom stereocenters. The highest BCUT2D eigenvalue weighted by atomic mass is 16.5. The van der Waals surface area contributed by atoms with Crippen LogP contribution in [0, 0.1) is 0 Å². The average molecular weight is 366 g/mol. The maximum absolute atomic E-state index is 12.6. The summed E-state index contributed by atoms with van der Waals surface area (Å²) in [6.45, 7) is 2.34.